The monoisotopic (exact) mass is 448 g/mol. The predicted octanol–water partition coefficient (Wildman–Crippen LogP) is 2.50. The van der Waals surface area contributed by atoms with Gasteiger partial charge in [-0.15, -0.1) is 5.10 Å². The Morgan fingerprint density at radius 2 is 1.80 bits per heavy atom. The van der Waals surface area contributed by atoms with E-state index in [9.17, 15) is 13.2 Å². The molecule has 0 fully saturated rings. The highest BCUT2D eigenvalue weighted by Gasteiger charge is 2.21. The van der Waals surface area contributed by atoms with Crippen molar-refractivity contribution in [2.24, 2.45) is 0 Å². The van der Waals surface area contributed by atoms with Gasteiger partial charge in [0.25, 0.3) is 5.78 Å². The Balaban J connectivity index is 1.62. The number of hydrogen-bond acceptors (Lipinski definition) is 7. The van der Waals surface area contributed by atoms with Crippen LogP contribution in [0.2, 0.25) is 0 Å². The van der Waals surface area contributed by atoms with Crippen LogP contribution in [0.25, 0.3) is 5.78 Å². The number of hydrogen-bond donors (Lipinski definition) is 1. The minimum absolute atomic E-state index is 0.119. The molecular formula is C19H24N6O3S2. The van der Waals surface area contributed by atoms with E-state index in [0.29, 0.717) is 29.7 Å². The molecule has 2 heterocycles. The van der Waals surface area contributed by atoms with Crippen molar-refractivity contribution < 1.29 is 13.2 Å². The van der Waals surface area contributed by atoms with E-state index >= 15 is 0 Å². The maximum Gasteiger partial charge on any atom is 0.253 e. The molecule has 0 bridgehead atoms. The van der Waals surface area contributed by atoms with Crippen LogP contribution in [0.3, 0.4) is 0 Å². The van der Waals surface area contributed by atoms with E-state index in [0.717, 1.165) is 11.4 Å². The van der Waals surface area contributed by atoms with E-state index in [1.165, 1.54) is 28.2 Å². The molecule has 160 valence electrons. The standard InChI is InChI=1S/C19H24N6O3S2/c1-5-24(6-2)30(27,28)16-9-7-15(8-10-16)21-17(26)12-29-19-22-18-20-13(3)11-14(4)25(18)23-19/h7-11H,5-6,12H2,1-4H3,(H,21,26). The molecule has 0 radical (unpaired) electrons. The van der Waals surface area contributed by atoms with Gasteiger partial charge < -0.3 is 5.32 Å². The van der Waals surface area contributed by atoms with Crippen molar-refractivity contribution in [1.82, 2.24) is 23.9 Å². The van der Waals surface area contributed by atoms with Crippen LogP contribution in [-0.2, 0) is 14.8 Å². The number of amides is 1. The molecule has 11 heteroatoms. The van der Waals surface area contributed by atoms with Crippen LogP contribution in [-0.4, -0.2) is 57.1 Å². The number of rotatable bonds is 8. The zero-order valence-electron chi connectivity index (χ0n) is 17.3. The largest absolute Gasteiger partial charge is 0.325 e. The zero-order chi connectivity index (χ0) is 21.9. The second kappa shape index (κ2) is 9.11. The van der Waals surface area contributed by atoms with Gasteiger partial charge in [-0.25, -0.2) is 17.9 Å². The molecule has 0 aliphatic carbocycles. The number of thioether (sulfide) groups is 1. The van der Waals surface area contributed by atoms with Crippen LogP contribution in [0.4, 0.5) is 5.69 Å². The summed E-state index contributed by atoms with van der Waals surface area (Å²) in [6.07, 6.45) is 0. The van der Waals surface area contributed by atoms with Crippen molar-refractivity contribution in [3.8, 4) is 0 Å². The fourth-order valence-corrected chi connectivity index (χ4v) is 5.04. The normalized spacial score (nSPS) is 11.9. The summed E-state index contributed by atoms with van der Waals surface area (Å²) in [5.41, 5.74) is 2.30. The molecule has 9 nitrogen and oxygen atoms in total. The van der Waals surface area contributed by atoms with Crippen molar-refractivity contribution in [3.63, 3.8) is 0 Å². The Kier molecular flexibility index (Phi) is 6.74. The van der Waals surface area contributed by atoms with Gasteiger partial charge in [0.1, 0.15) is 0 Å². The van der Waals surface area contributed by atoms with Gasteiger partial charge in [0.2, 0.25) is 21.1 Å². The average Bonchev–Trinajstić information content (AvgIpc) is 3.11. The summed E-state index contributed by atoms with van der Waals surface area (Å²) in [6, 6.07) is 8.07. The molecule has 0 spiro atoms. The molecule has 0 aliphatic heterocycles. The smallest absolute Gasteiger partial charge is 0.253 e. The summed E-state index contributed by atoms with van der Waals surface area (Å²) in [7, 11) is -3.52. The minimum atomic E-state index is -3.52. The predicted molar refractivity (Wildman–Crippen MR) is 116 cm³/mol. The molecule has 0 saturated carbocycles. The lowest BCUT2D eigenvalue weighted by Gasteiger charge is -2.18. The Labute approximate surface area is 180 Å². The van der Waals surface area contributed by atoms with Crippen LogP contribution >= 0.6 is 11.8 Å². The van der Waals surface area contributed by atoms with Crippen LogP contribution in [0.1, 0.15) is 25.2 Å². The van der Waals surface area contributed by atoms with Gasteiger partial charge in [-0.1, -0.05) is 25.6 Å². The van der Waals surface area contributed by atoms with Crippen LogP contribution < -0.4 is 5.32 Å². The van der Waals surface area contributed by atoms with Crippen molar-refractivity contribution >= 4 is 39.2 Å². The van der Waals surface area contributed by atoms with Crippen LogP contribution in [0, 0.1) is 13.8 Å². The number of anilines is 1. The number of aromatic nitrogens is 4. The number of carbonyl (C=O) groups is 1. The molecule has 2 aromatic heterocycles. The molecule has 3 aromatic rings. The van der Waals surface area contributed by atoms with Gasteiger partial charge in [-0.05, 0) is 44.2 Å². The molecule has 1 N–H and O–H groups in total. The van der Waals surface area contributed by atoms with Gasteiger partial charge in [0, 0.05) is 30.2 Å². The van der Waals surface area contributed by atoms with Gasteiger partial charge in [0.15, 0.2) is 0 Å². The summed E-state index contributed by atoms with van der Waals surface area (Å²) >= 11 is 1.21. The average molecular weight is 449 g/mol. The summed E-state index contributed by atoms with van der Waals surface area (Å²) in [6.45, 7) is 8.20. The number of fused-ring (bicyclic) bond motifs is 1. The fourth-order valence-electron chi connectivity index (χ4n) is 2.96. The second-order valence-corrected chi connectivity index (χ2v) is 9.48. The van der Waals surface area contributed by atoms with E-state index in [2.05, 4.69) is 20.4 Å². The van der Waals surface area contributed by atoms with Crippen LogP contribution in [0.5, 0.6) is 0 Å². The Bertz CT molecular complexity index is 1150. The number of sulfonamides is 1. The lowest BCUT2D eigenvalue weighted by molar-refractivity contribution is -0.113. The SMILES string of the molecule is CCN(CC)S(=O)(=O)c1ccc(NC(=O)CSc2nc3nc(C)cc(C)n3n2)cc1. The van der Waals surface area contributed by atoms with Crippen molar-refractivity contribution in [2.45, 2.75) is 37.7 Å². The number of benzene rings is 1. The quantitative estimate of drug-likeness (QED) is 0.527. The van der Waals surface area contributed by atoms with Crippen molar-refractivity contribution in [1.29, 1.82) is 0 Å². The van der Waals surface area contributed by atoms with E-state index in [4.69, 9.17) is 0 Å². The molecule has 0 atom stereocenters. The maximum atomic E-state index is 12.5. The lowest BCUT2D eigenvalue weighted by atomic mass is 10.3. The third kappa shape index (κ3) is 4.79. The zero-order valence-corrected chi connectivity index (χ0v) is 18.9. The Morgan fingerprint density at radius 3 is 2.43 bits per heavy atom. The van der Waals surface area contributed by atoms with Crippen LogP contribution in [0.15, 0.2) is 40.4 Å². The third-order valence-corrected chi connectivity index (χ3v) is 7.31. The summed E-state index contributed by atoms with van der Waals surface area (Å²) < 4.78 is 28.1. The van der Waals surface area contributed by atoms with E-state index < -0.39 is 10.0 Å². The number of nitrogens with one attached hydrogen (secondary N) is 1. The van der Waals surface area contributed by atoms with E-state index in [1.54, 1.807) is 30.5 Å². The minimum Gasteiger partial charge on any atom is -0.325 e. The topological polar surface area (TPSA) is 110 Å². The second-order valence-electron chi connectivity index (χ2n) is 6.60. The van der Waals surface area contributed by atoms with E-state index in [-0.39, 0.29) is 16.6 Å². The fraction of sp³-hybridized carbons (Fsp3) is 0.368. The summed E-state index contributed by atoms with van der Waals surface area (Å²) in [4.78, 5) is 21.1. The first-order valence-corrected chi connectivity index (χ1v) is 11.9. The molecule has 3 rings (SSSR count). The highest BCUT2D eigenvalue weighted by molar-refractivity contribution is 7.99. The molecule has 1 amide bonds. The maximum absolute atomic E-state index is 12.5. The first-order valence-electron chi connectivity index (χ1n) is 9.48. The van der Waals surface area contributed by atoms with Gasteiger partial charge in [0.05, 0.1) is 10.6 Å². The first-order chi connectivity index (χ1) is 14.2. The molecule has 0 unspecified atom stereocenters. The van der Waals surface area contributed by atoms with Gasteiger partial charge in [-0.3, -0.25) is 4.79 Å². The third-order valence-electron chi connectivity index (χ3n) is 4.41. The number of nitrogens with zero attached hydrogens (tertiary/aromatic N) is 5. The van der Waals surface area contributed by atoms with Gasteiger partial charge >= 0.3 is 0 Å². The summed E-state index contributed by atoms with van der Waals surface area (Å²) in [5, 5.41) is 7.58. The molecule has 30 heavy (non-hydrogen) atoms. The van der Waals surface area contributed by atoms with Crippen molar-refractivity contribution in [3.05, 3.63) is 41.7 Å². The van der Waals surface area contributed by atoms with Gasteiger partial charge in [-0.2, -0.15) is 9.29 Å². The highest BCUT2D eigenvalue weighted by Crippen LogP contribution is 2.19. The number of carbonyl (C=O) groups excluding carboxylic acids is 1. The molecular weight excluding hydrogens is 424 g/mol. The first kappa shape index (κ1) is 22.2. The molecule has 1 aromatic carbocycles. The van der Waals surface area contributed by atoms with Crippen molar-refractivity contribution in [2.75, 3.05) is 24.2 Å². The van der Waals surface area contributed by atoms with E-state index in [1.807, 2.05) is 19.9 Å². The molecule has 0 aliphatic rings. The number of aryl methyl sites for hydroxylation is 2. The molecule has 0 saturated heterocycles. The lowest BCUT2D eigenvalue weighted by Crippen LogP contribution is -2.30. The highest BCUT2D eigenvalue weighted by atomic mass is 32.2. The Morgan fingerprint density at radius 1 is 1.13 bits per heavy atom. The summed E-state index contributed by atoms with van der Waals surface area (Å²) in [5.74, 6) is 0.383. The Hall–Kier alpha value is -2.50.